The Morgan fingerprint density at radius 3 is 2.60 bits per heavy atom. The lowest BCUT2D eigenvalue weighted by molar-refractivity contribution is -0.117. The van der Waals surface area contributed by atoms with Crippen molar-refractivity contribution in [1.82, 2.24) is 10.2 Å². The number of primary amides is 1. The van der Waals surface area contributed by atoms with Gasteiger partial charge in [0, 0.05) is 13.1 Å². The summed E-state index contributed by atoms with van der Waals surface area (Å²) in [5, 5.41) is 2.90. The average molecular weight is 145 g/mol. The van der Waals surface area contributed by atoms with E-state index in [0.717, 1.165) is 13.1 Å². The summed E-state index contributed by atoms with van der Waals surface area (Å²) in [4.78, 5) is 12.2. The number of amides is 1. The van der Waals surface area contributed by atoms with Crippen LogP contribution in [0.3, 0.4) is 0 Å². The number of hydrogen-bond donors (Lipinski definition) is 2. The zero-order chi connectivity index (χ0) is 7.98. The van der Waals surface area contributed by atoms with E-state index in [9.17, 15) is 4.79 Å². The molecule has 4 heteroatoms. The lowest BCUT2D eigenvalue weighted by atomic mass is 10.5. The van der Waals surface area contributed by atoms with Gasteiger partial charge < -0.3 is 16.0 Å². The number of rotatable bonds is 5. The Morgan fingerprint density at radius 1 is 1.60 bits per heavy atom. The molecule has 0 bridgehead atoms. The second-order valence-corrected chi connectivity index (χ2v) is 2.45. The minimum atomic E-state index is -0.307. The lowest BCUT2D eigenvalue weighted by Gasteiger charge is -2.08. The van der Waals surface area contributed by atoms with Gasteiger partial charge in [-0.05, 0) is 14.1 Å². The smallest absolute Gasteiger partial charge is 0.231 e. The van der Waals surface area contributed by atoms with Crippen LogP contribution >= 0.6 is 0 Å². The first-order valence-electron chi connectivity index (χ1n) is 3.26. The number of nitrogens with two attached hydrogens (primary N) is 1. The summed E-state index contributed by atoms with van der Waals surface area (Å²) in [6.45, 7) is 2.00. The average Bonchev–Trinajstić information content (AvgIpc) is 1.79. The first kappa shape index (κ1) is 9.39. The standard InChI is InChI=1S/C6H15N3O/c1-9(2)4-3-8-5-6(7)10/h8H,3-5H2,1-2H3,(H2,7,10). The third-order valence-corrected chi connectivity index (χ3v) is 1.04. The van der Waals surface area contributed by atoms with E-state index in [-0.39, 0.29) is 12.5 Å². The molecule has 0 radical (unpaired) electrons. The maximum absolute atomic E-state index is 10.2. The molecule has 4 nitrogen and oxygen atoms in total. The van der Waals surface area contributed by atoms with Gasteiger partial charge in [0.2, 0.25) is 5.91 Å². The van der Waals surface area contributed by atoms with Crippen molar-refractivity contribution in [3.63, 3.8) is 0 Å². The molecule has 0 aliphatic carbocycles. The second kappa shape index (κ2) is 5.20. The van der Waals surface area contributed by atoms with E-state index in [1.54, 1.807) is 0 Å². The summed E-state index contributed by atoms with van der Waals surface area (Å²) < 4.78 is 0. The van der Waals surface area contributed by atoms with Gasteiger partial charge in [0.05, 0.1) is 6.54 Å². The molecule has 60 valence electrons. The Bertz CT molecular complexity index is 103. The predicted molar refractivity (Wildman–Crippen MR) is 40.6 cm³/mol. The molecule has 10 heavy (non-hydrogen) atoms. The number of hydrogen-bond acceptors (Lipinski definition) is 3. The Kier molecular flexibility index (Phi) is 4.88. The second-order valence-electron chi connectivity index (χ2n) is 2.45. The largest absolute Gasteiger partial charge is 0.369 e. The summed E-state index contributed by atoms with van der Waals surface area (Å²) >= 11 is 0. The SMILES string of the molecule is CN(C)CCNCC(N)=O. The lowest BCUT2D eigenvalue weighted by Crippen LogP contribution is -2.33. The minimum absolute atomic E-state index is 0.272. The predicted octanol–water partition coefficient (Wildman–Crippen LogP) is -1.38. The molecule has 3 N–H and O–H groups in total. The maximum atomic E-state index is 10.2. The molecule has 0 unspecified atom stereocenters. The van der Waals surface area contributed by atoms with Crippen LogP contribution in [-0.2, 0) is 4.79 Å². The number of nitrogens with one attached hydrogen (secondary N) is 1. The van der Waals surface area contributed by atoms with Gasteiger partial charge >= 0.3 is 0 Å². The van der Waals surface area contributed by atoms with Gasteiger partial charge in [-0.1, -0.05) is 0 Å². The molecular formula is C6H15N3O. The van der Waals surface area contributed by atoms with Crippen molar-refractivity contribution in [3.05, 3.63) is 0 Å². The Hall–Kier alpha value is -0.610. The van der Waals surface area contributed by atoms with Crippen LogP contribution in [0.2, 0.25) is 0 Å². The molecule has 0 fully saturated rings. The van der Waals surface area contributed by atoms with Crippen molar-refractivity contribution in [2.45, 2.75) is 0 Å². The molecule has 0 atom stereocenters. The fourth-order valence-electron chi connectivity index (χ4n) is 0.514. The maximum Gasteiger partial charge on any atom is 0.231 e. The fourth-order valence-corrected chi connectivity index (χ4v) is 0.514. The van der Waals surface area contributed by atoms with Crippen molar-refractivity contribution in [3.8, 4) is 0 Å². The van der Waals surface area contributed by atoms with Crippen molar-refractivity contribution in [1.29, 1.82) is 0 Å². The van der Waals surface area contributed by atoms with Crippen LogP contribution in [0, 0.1) is 0 Å². The van der Waals surface area contributed by atoms with Crippen molar-refractivity contribution < 1.29 is 4.79 Å². The normalized spacial score (nSPS) is 10.3. The van der Waals surface area contributed by atoms with Crippen LogP contribution in [0.4, 0.5) is 0 Å². The molecular weight excluding hydrogens is 130 g/mol. The number of nitrogens with zero attached hydrogens (tertiary/aromatic N) is 1. The van der Waals surface area contributed by atoms with Crippen molar-refractivity contribution in [2.75, 3.05) is 33.7 Å². The molecule has 0 aliphatic rings. The van der Waals surface area contributed by atoms with E-state index in [2.05, 4.69) is 5.32 Å². The van der Waals surface area contributed by atoms with E-state index in [1.165, 1.54) is 0 Å². The highest BCUT2D eigenvalue weighted by Gasteiger charge is 1.92. The quantitative estimate of drug-likeness (QED) is 0.469. The highest BCUT2D eigenvalue weighted by molar-refractivity contribution is 5.75. The van der Waals surface area contributed by atoms with Crippen LogP contribution in [0.25, 0.3) is 0 Å². The molecule has 0 saturated carbocycles. The third-order valence-electron chi connectivity index (χ3n) is 1.04. The van der Waals surface area contributed by atoms with Gasteiger partial charge in [-0.2, -0.15) is 0 Å². The summed E-state index contributed by atoms with van der Waals surface area (Å²) in [5.41, 5.74) is 4.89. The zero-order valence-electron chi connectivity index (χ0n) is 6.55. The zero-order valence-corrected chi connectivity index (χ0v) is 6.55. The van der Waals surface area contributed by atoms with Crippen LogP contribution in [0.5, 0.6) is 0 Å². The number of likely N-dealkylation sites (N-methyl/N-ethyl adjacent to an activating group) is 1. The summed E-state index contributed by atoms with van der Waals surface area (Å²) in [6, 6.07) is 0. The van der Waals surface area contributed by atoms with Gasteiger partial charge in [0.25, 0.3) is 0 Å². The Labute approximate surface area is 61.4 Å². The fraction of sp³-hybridized carbons (Fsp3) is 0.833. The molecule has 1 amide bonds. The first-order valence-corrected chi connectivity index (χ1v) is 3.26. The van der Waals surface area contributed by atoms with Gasteiger partial charge in [0.15, 0.2) is 0 Å². The monoisotopic (exact) mass is 145 g/mol. The minimum Gasteiger partial charge on any atom is -0.369 e. The van der Waals surface area contributed by atoms with E-state index in [1.807, 2.05) is 19.0 Å². The number of carbonyl (C=O) groups is 1. The summed E-state index contributed by atoms with van der Waals surface area (Å²) in [7, 11) is 3.96. The molecule has 0 rings (SSSR count). The molecule has 0 aromatic heterocycles. The topological polar surface area (TPSA) is 58.4 Å². The molecule has 0 aromatic carbocycles. The highest BCUT2D eigenvalue weighted by atomic mass is 16.1. The molecule has 0 heterocycles. The third kappa shape index (κ3) is 7.39. The van der Waals surface area contributed by atoms with Crippen LogP contribution in [0.1, 0.15) is 0 Å². The molecule has 0 spiro atoms. The van der Waals surface area contributed by atoms with Gasteiger partial charge in [-0.15, -0.1) is 0 Å². The Balaban J connectivity index is 2.98. The Morgan fingerprint density at radius 2 is 2.20 bits per heavy atom. The van der Waals surface area contributed by atoms with Gasteiger partial charge in [-0.3, -0.25) is 4.79 Å². The van der Waals surface area contributed by atoms with Gasteiger partial charge in [-0.25, -0.2) is 0 Å². The van der Waals surface area contributed by atoms with Gasteiger partial charge in [0.1, 0.15) is 0 Å². The summed E-state index contributed by atoms with van der Waals surface area (Å²) in [5.74, 6) is -0.307. The van der Waals surface area contributed by atoms with E-state index < -0.39 is 0 Å². The van der Waals surface area contributed by atoms with Crippen molar-refractivity contribution in [2.24, 2.45) is 5.73 Å². The molecule has 0 saturated heterocycles. The van der Waals surface area contributed by atoms with Crippen LogP contribution in [-0.4, -0.2) is 44.5 Å². The van der Waals surface area contributed by atoms with E-state index >= 15 is 0 Å². The first-order chi connectivity index (χ1) is 4.63. The van der Waals surface area contributed by atoms with Crippen LogP contribution in [0.15, 0.2) is 0 Å². The van der Waals surface area contributed by atoms with E-state index in [0.29, 0.717) is 0 Å². The van der Waals surface area contributed by atoms with E-state index in [4.69, 9.17) is 5.73 Å². The number of carbonyl (C=O) groups excluding carboxylic acids is 1. The summed E-state index contributed by atoms with van der Waals surface area (Å²) in [6.07, 6.45) is 0. The molecule has 0 aliphatic heterocycles. The molecule has 0 aromatic rings. The van der Waals surface area contributed by atoms with Crippen LogP contribution < -0.4 is 11.1 Å². The highest BCUT2D eigenvalue weighted by Crippen LogP contribution is 1.69. The van der Waals surface area contributed by atoms with Crippen molar-refractivity contribution >= 4 is 5.91 Å².